The van der Waals surface area contributed by atoms with Gasteiger partial charge >= 0.3 is 0 Å². The number of para-hydroxylation sites is 3. The highest BCUT2D eigenvalue weighted by Gasteiger charge is 2.18. The number of aromatic nitrogens is 1. The second-order valence-electron chi connectivity index (χ2n) is 11.0. The number of nitrogen functional groups attached to an aromatic ring is 1. The molecule has 5 aromatic carbocycles. The number of hydrogen-bond donors (Lipinski definition) is 1. The van der Waals surface area contributed by atoms with E-state index in [0.29, 0.717) is 0 Å². The fourth-order valence-electron chi connectivity index (χ4n) is 6.18. The lowest BCUT2D eigenvalue weighted by molar-refractivity contribution is 1.10. The van der Waals surface area contributed by atoms with Crippen LogP contribution < -0.4 is 10.6 Å². The Morgan fingerprint density at radius 3 is 2.20 bits per heavy atom. The Hall–Kier alpha value is -6.06. The van der Waals surface area contributed by atoms with Crippen molar-refractivity contribution in [3.8, 4) is 16.8 Å². The molecule has 2 heterocycles. The average Bonchev–Trinajstić information content (AvgIpc) is 3.40. The minimum atomic E-state index is 0.759. The first kappa shape index (κ1) is 27.8. The van der Waals surface area contributed by atoms with Crippen LogP contribution >= 0.6 is 0 Å². The van der Waals surface area contributed by atoms with Crippen LogP contribution in [0.15, 0.2) is 159 Å². The molecule has 1 aromatic heterocycles. The molecule has 0 bridgehead atoms. The fourth-order valence-corrected chi connectivity index (χ4v) is 6.18. The van der Waals surface area contributed by atoms with E-state index in [0.717, 1.165) is 72.7 Å². The Morgan fingerprint density at radius 2 is 1.36 bits per heavy atom. The SMILES string of the molecule is C=Cc1c(/C=C\c2ccccc2-c2ccccc2N)n(-c2cccc(N3/C=C\C=C/C(=C)c4ccccc43)c2)c2ccccc12. The van der Waals surface area contributed by atoms with Crippen molar-refractivity contribution in [1.29, 1.82) is 0 Å². The number of anilines is 3. The van der Waals surface area contributed by atoms with Crippen molar-refractivity contribution in [3.05, 3.63) is 181 Å². The molecule has 2 N–H and O–H groups in total. The van der Waals surface area contributed by atoms with Crippen molar-refractivity contribution in [2.75, 3.05) is 10.6 Å². The summed E-state index contributed by atoms with van der Waals surface area (Å²) in [5.74, 6) is 0. The molecular weight excluding hydrogens is 546 g/mol. The van der Waals surface area contributed by atoms with E-state index in [1.165, 1.54) is 0 Å². The van der Waals surface area contributed by atoms with Gasteiger partial charge in [0.05, 0.1) is 16.9 Å². The molecule has 45 heavy (non-hydrogen) atoms. The highest BCUT2D eigenvalue weighted by molar-refractivity contribution is 5.97. The molecule has 0 saturated heterocycles. The van der Waals surface area contributed by atoms with Gasteiger partial charge in [-0.1, -0.05) is 122 Å². The summed E-state index contributed by atoms with van der Waals surface area (Å²) < 4.78 is 2.32. The molecule has 0 aliphatic carbocycles. The normalized spacial score (nSPS) is 14.2. The summed E-state index contributed by atoms with van der Waals surface area (Å²) in [7, 11) is 0. The molecule has 7 rings (SSSR count). The van der Waals surface area contributed by atoms with Gasteiger partial charge in [0.25, 0.3) is 0 Å². The fraction of sp³-hybridized carbons (Fsp3) is 0. The number of rotatable bonds is 6. The zero-order valence-corrected chi connectivity index (χ0v) is 25.0. The van der Waals surface area contributed by atoms with Crippen LogP contribution in [-0.2, 0) is 0 Å². The topological polar surface area (TPSA) is 34.2 Å². The summed E-state index contributed by atoms with van der Waals surface area (Å²) in [5, 5.41) is 1.15. The lowest BCUT2D eigenvalue weighted by atomic mass is 9.97. The monoisotopic (exact) mass is 579 g/mol. The van der Waals surface area contributed by atoms with Crippen LogP contribution in [0.3, 0.4) is 0 Å². The van der Waals surface area contributed by atoms with Gasteiger partial charge in [-0.25, -0.2) is 0 Å². The van der Waals surface area contributed by atoms with Gasteiger partial charge in [-0.15, -0.1) is 0 Å². The van der Waals surface area contributed by atoms with E-state index in [4.69, 9.17) is 5.73 Å². The van der Waals surface area contributed by atoms with Gasteiger partial charge in [-0.2, -0.15) is 0 Å². The van der Waals surface area contributed by atoms with E-state index < -0.39 is 0 Å². The van der Waals surface area contributed by atoms with Crippen LogP contribution in [0.4, 0.5) is 17.1 Å². The molecule has 0 spiro atoms. The van der Waals surface area contributed by atoms with Gasteiger partial charge < -0.3 is 15.2 Å². The van der Waals surface area contributed by atoms with Crippen LogP contribution in [0, 0.1) is 0 Å². The Balaban J connectivity index is 1.40. The summed E-state index contributed by atoms with van der Waals surface area (Å²) in [5.41, 5.74) is 18.9. The smallest absolute Gasteiger partial charge is 0.0541 e. The standard InChI is InChI=1S/C42H33N3/c1-3-34-38-22-8-11-25-41(38)45(42(34)27-26-31-16-4-5-20-36(31)37-21-6-9-23-39(37)43)33-18-14-17-32(29-33)44-28-13-12-15-30(2)35-19-7-10-24-40(35)44/h3-29H,1-2,43H2/b15-12-,27-26-,28-13-. The first-order chi connectivity index (χ1) is 22.1. The second-order valence-corrected chi connectivity index (χ2v) is 11.0. The number of nitrogens with two attached hydrogens (primary N) is 1. The van der Waals surface area contributed by atoms with Crippen molar-refractivity contribution in [3.63, 3.8) is 0 Å². The van der Waals surface area contributed by atoms with E-state index in [9.17, 15) is 0 Å². The summed E-state index contributed by atoms with van der Waals surface area (Å²) >= 11 is 0. The Labute approximate surface area is 264 Å². The summed E-state index contributed by atoms with van der Waals surface area (Å²) in [6.45, 7) is 8.54. The molecule has 216 valence electrons. The molecule has 0 atom stereocenters. The molecule has 3 heteroatoms. The zero-order chi connectivity index (χ0) is 30.8. The summed E-state index contributed by atoms with van der Waals surface area (Å²) in [6.07, 6.45) is 14.6. The first-order valence-electron chi connectivity index (χ1n) is 15.0. The summed E-state index contributed by atoms with van der Waals surface area (Å²) in [6, 6.07) is 42.0. The third-order valence-corrected chi connectivity index (χ3v) is 8.31. The van der Waals surface area contributed by atoms with Gasteiger partial charge in [0.1, 0.15) is 0 Å². The van der Waals surface area contributed by atoms with E-state index in [1.807, 2.05) is 30.4 Å². The van der Waals surface area contributed by atoms with Crippen LogP contribution in [0.2, 0.25) is 0 Å². The van der Waals surface area contributed by atoms with Gasteiger partial charge in [-0.3, -0.25) is 0 Å². The number of benzene rings is 5. The third-order valence-electron chi connectivity index (χ3n) is 8.31. The third kappa shape index (κ3) is 5.11. The molecule has 0 unspecified atom stereocenters. The highest BCUT2D eigenvalue weighted by Crippen LogP contribution is 2.38. The zero-order valence-electron chi connectivity index (χ0n) is 25.0. The van der Waals surface area contributed by atoms with Gasteiger partial charge in [-0.05, 0) is 65.3 Å². The Kier molecular flexibility index (Phi) is 7.34. The van der Waals surface area contributed by atoms with Crippen molar-refractivity contribution >= 4 is 51.8 Å². The molecule has 1 aliphatic rings. The van der Waals surface area contributed by atoms with Crippen molar-refractivity contribution in [1.82, 2.24) is 4.57 Å². The maximum Gasteiger partial charge on any atom is 0.0541 e. The molecular formula is C42H33N3. The summed E-state index contributed by atoms with van der Waals surface area (Å²) in [4.78, 5) is 2.23. The molecule has 3 nitrogen and oxygen atoms in total. The maximum atomic E-state index is 6.40. The average molecular weight is 580 g/mol. The first-order valence-corrected chi connectivity index (χ1v) is 15.0. The predicted octanol–water partition coefficient (Wildman–Crippen LogP) is 10.9. The minimum absolute atomic E-state index is 0.759. The molecule has 0 radical (unpaired) electrons. The highest BCUT2D eigenvalue weighted by atomic mass is 15.1. The predicted molar refractivity (Wildman–Crippen MR) is 194 cm³/mol. The lowest BCUT2D eigenvalue weighted by Crippen LogP contribution is -2.11. The quantitative estimate of drug-likeness (QED) is 0.199. The lowest BCUT2D eigenvalue weighted by Gasteiger charge is -2.25. The van der Waals surface area contributed by atoms with Gasteiger partial charge in [0.15, 0.2) is 0 Å². The van der Waals surface area contributed by atoms with Crippen molar-refractivity contribution in [2.24, 2.45) is 0 Å². The maximum absolute atomic E-state index is 6.40. The van der Waals surface area contributed by atoms with Gasteiger partial charge in [0, 0.05) is 45.3 Å². The van der Waals surface area contributed by atoms with Crippen LogP contribution in [0.25, 0.3) is 51.5 Å². The van der Waals surface area contributed by atoms with Gasteiger partial charge in [0.2, 0.25) is 0 Å². The number of fused-ring (bicyclic) bond motifs is 2. The largest absolute Gasteiger partial charge is 0.398 e. The Morgan fingerprint density at radius 1 is 0.644 bits per heavy atom. The van der Waals surface area contributed by atoms with Crippen LogP contribution in [-0.4, -0.2) is 4.57 Å². The Bertz CT molecular complexity index is 2170. The number of hydrogen-bond acceptors (Lipinski definition) is 2. The molecule has 0 saturated carbocycles. The van der Waals surface area contributed by atoms with E-state index >= 15 is 0 Å². The molecule has 0 fully saturated rings. The number of nitrogens with zero attached hydrogens (tertiary/aromatic N) is 2. The molecule has 1 aliphatic heterocycles. The number of allylic oxidation sites excluding steroid dienone is 4. The van der Waals surface area contributed by atoms with Crippen molar-refractivity contribution in [2.45, 2.75) is 0 Å². The van der Waals surface area contributed by atoms with Crippen LogP contribution in [0.1, 0.15) is 22.4 Å². The minimum Gasteiger partial charge on any atom is -0.398 e. The second kappa shape index (κ2) is 11.9. The van der Waals surface area contributed by atoms with E-state index in [-0.39, 0.29) is 0 Å². The molecule has 0 amide bonds. The van der Waals surface area contributed by atoms with E-state index in [1.54, 1.807) is 0 Å². The van der Waals surface area contributed by atoms with E-state index in [2.05, 4.69) is 156 Å². The molecule has 6 aromatic rings. The van der Waals surface area contributed by atoms with Crippen LogP contribution in [0.5, 0.6) is 0 Å². The van der Waals surface area contributed by atoms with Crippen molar-refractivity contribution < 1.29 is 0 Å².